The highest BCUT2D eigenvalue weighted by molar-refractivity contribution is 6.09. The Kier molecular flexibility index (Phi) is 11.3. The Morgan fingerprint density at radius 3 is 1.59 bits per heavy atom. The van der Waals surface area contributed by atoms with Gasteiger partial charge >= 0.3 is 0 Å². The van der Waals surface area contributed by atoms with E-state index in [9.17, 15) is 0 Å². The van der Waals surface area contributed by atoms with E-state index in [1.165, 1.54) is 120 Å². The van der Waals surface area contributed by atoms with E-state index >= 15 is 0 Å². The first kappa shape index (κ1) is 43.1. The smallest absolute Gasteiger partial charge is 0.0541 e. The molecule has 0 bridgehead atoms. The van der Waals surface area contributed by atoms with Gasteiger partial charge in [-0.25, -0.2) is 0 Å². The van der Waals surface area contributed by atoms with Gasteiger partial charge in [0.1, 0.15) is 0 Å². The molecule has 0 fully saturated rings. The zero-order valence-electron chi connectivity index (χ0n) is 40.0. The number of hydrogen-bond acceptors (Lipinski definition) is 1. The first-order valence-corrected chi connectivity index (χ1v) is 25.1. The number of benzene rings is 10. The van der Waals surface area contributed by atoms with E-state index in [0.717, 1.165) is 23.5 Å². The molecule has 2 nitrogen and oxygen atoms in total. The van der Waals surface area contributed by atoms with Crippen molar-refractivity contribution in [2.45, 2.75) is 51.4 Å². The van der Waals surface area contributed by atoms with Gasteiger partial charge in [0.25, 0.3) is 0 Å². The van der Waals surface area contributed by atoms with Gasteiger partial charge in [-0.2, -0.15) is 0 Å². The zero-order chi connectivity index (χ0) is 47.0. The van der Waals surface area contributed by atoms with Crippen LogP contribution in [0.2, 0.25) is 0 Å². The molecular weight excluding hydrogens is 845 g/mol. The summed E-state index contributed by atoms with van der Waals surface area (Å²) in [7, 11) is 0. The second kappa shape index (κ2) is 18.4. The maximum atomic E-state index is 2.53. The van der Waals surface area contributed by atoms with Crippen LogP contribution >= 0.6 is 0 Å². The van der Waals surface area contributed by atoms with E-state index < -0.39 is 0 Å². The number of fused-ring (bicyclic) bond motifs is 6. The molecule has 0 amide bonds. The van der Waals surface area contributed by atoms with Crippen LogP contribution in [0.15, 0.2) is 243 Å². The molecule has 338 valence electrons. The van der Waals surface area contributed by atoms with Crippen molar-refractivity contribution in [3.8, 4) is 61.3 Å². The summed E-state index contributed by atoms with van der Waals surface area (Å²) in [5, 5.41) is 2.57. The SMILES string of the molecule is CCCCCCC1(C)c2cc(N(c3cccc(-c4cccc(-c5ccccc5)c4)c3)c3ccccc3-c3ccc(-c4ccccc4)cc3)ccc2-c2ccc(-n3c4ccccc4c4ccccc43)cc21. The van der Waals surface area contributed by atoms with Gasteiger partial charge in [-0.3, -0.25) is 0 Å². The van der Waals surface area contributed by atoms with Gasteiger partial charge in [0, 0.05) is 38.8 Å². The minimum absolute atomic E-state index is 0.207. The minimum Gasteiger partial charge on any atom is -0.310 e. The predicted molar refractivity (Wildman–Crippen MR) is 298 cm³/mol. The number of para-hydroxylation sites is 3. The van der Waals surface area contributed by atoms with Crippen molar-refractivity contribution in [3.63, 3.8) is 0 Å². The first-order chi connectivity index (χ1) is 34.6. The number of nitrogens with zero attached hydrogens (tertiary/aromatic N) is 2. The highest BCUT2D eigenvalue weighted by Crippen LogP contribution is 2.54. The number of rotatable bonds is 13. The topological polar surface area (TPSA) is 8.17 Å². The Labute approximate surface area is 412 Å². The van der Waals surface area contributed by atoms with Crippen LogP contribution in [0.25, 0.3) is 83.1 Å². The summed E-state index contributed by atoms with van der Waals surface area (Å²) in [6.07, 6.45) is 5.93. The summed E-state index contributed by atoms with van der Waals surface area (Å²) in [6, 6.07) is 89.8. The fraction of sp³-hybridized carbons (Fsp3) is 0.118. The minimum atomic E-state index is -0.207. The van der Waals surface area contributed by atoms with Gasteiger partial charge in [0.05, 0.1) is 16.7 Å². The zero-order valence-corrected chi connectivity index (χ0v) is 40.0. The molecule has 1 atom stereocenters. The quantitative estimate of drug-likeness (QED) is 0.105. The molecule has 1 aliphatic rings. The van der Waals surface area contributed by atoms with Crippen molar-refractivity contribution in [1.82, 2.24) is 4.57 Å². The van der Waals surface area contributed by atoms with Crippen LogP contribution in [-0.4, -0.2) is 4.57 Å². The molecule has 0 radical (unpaired) electrons. The maximum Gasteiger partial charge on any atom is 0.0541 e. The van der Waals surface area contributed by atoms with Crippen molar-refractivity contribution in [1.29, 1.82) is 0 Å². The van der Waals surface area contributed by atoms with E-state index in [2.05, 4.69) is 266 Å². The molecule has 0 N–H and O–H groups in total. The highest BCUT2D eigenvalue weighted by atomic mass is 15.1. The standard InChI is InChI=1S/C68H56N2/c1-3-4-5-18-43-68(2)63-46-56(39-41-59(63)60-42-40-57(47-64(60)68)70-66-33-16-13-30-61(66)62-31-14-17-34-67(62)70)69(55-28-20-27-54(45-55)53-26-19-25-52(44-53)49-23-10-7-11-24-49)65-32-15-12-29-58(65)51-37-35-50(36-38-51)48-21-8-6-9-22-48/h6-17,19-42,44-47H,3-5,18,43H2,1-2H3. The van der Waals surface area contributed by atoms with Crippen molar-refractivity contribution in [2.24, 2.45) is 0 Å². The summed E-state index contributed by atoms with van der Waals surface area (Å²) >= 11 is 0. The molecule has 2 heteroatoms. The molecule has 1 aromatic heterocycles. The lowest BCUT2D eigenvalue weighted by atomic mass is 9.75. The van der Waals surface area contributed by atoms with Crippen molar-refractivity contribution < 1.29 is 0 Å². The molecule has 0 aliphatic heterocycles. The number of unbranched alkanes of at least 4 members (excludes halogenated alkanes) is 3. The Morgan fingerprint density at radius 2 is 0.886 bits per heavy atom. The molecule has 0 saturated carbocycles. The first-order valence-electron chi connectivity index (χ1n) is 25.1. The van der Waals surface area contributed by atoms with Gasteiger partial charge in [0.15, 0.2) is 0 Å². The average Bonchev–Trinajstić information content (AvgIpc) is 3.89. The van der Waals surface area contributed by atoms with E-state index in [1.807, 2.05) is 0 Å². The van der Waals surface area contributed by atoms with Gasteiger partial charge < -0.3 is 9.47 Å². The second-order valence-electron chi connectivity index (χ2n) is 19.3. The monoisotopic (exact) mass is 900 g/mol. The Morgan fingerprint density at radius 1 is 0.371 bits per heavy atom. The van der Waals surface area contributed by atoms with Crippen molar-refractivity contribution >= 4 is 38.9 Å². The van der Waals surface area contributed by atoms with Crippen LogP contribution in [-0.2, 0) is 5.41 Å². The predicted octanol–water partition coefficient (Wildman–Crippen LogP) is 19.2. The molecule has 12 rings (SSSR count). The molecule has 1 heterocycles. The van der Waals surface area contributed by atoms with Crippen LogP contribution in [0, 0.1) is 0 Å². The van der Waals surface area contributed by atoms with Gasteiger partial charge in [-0.05, 0) is 128 Å². The fourth-order valence-electron chi connectivity index (χ4n) is 11.4. The van der Waals surface area contributed by atoms with E-state index in [1.54, 1.807) is 0 Å². The molecule has 1 unspecified atom stereocenters. The highest BCUT2D eigenvalue weighted by Gasteiger charge is 2.40. The van der Waals surface area contributed by atoms with Crippen LogP contribution in [0.1, 0.15) is 57.1 Å². The number of anilines is 3. The average molecular weight is 901 g/mol. The van der Waals surface area contributed by atoms with Crippen LogP contribution < -0.4 is 4.90 Å². The second-order valence-corrected chi connectivity index (χ2v) is 19.3. The van der Waals surface area contributed by atoms with Crippen molar-refractivity contribution in [2.75, 3.05) is 4.90 Å². The maximum absolute atomic E-state index is 2.53. The largest absolute Gasteiger partial charge is 0.310 e. The molecule has 0 saturated heterocycles. The van der Waals surface area contributed by atoms with Gasteiger partial charge in [-0.15, -0.1) is 0 Å². The molecule has 70 heavy (non-hydrogen) atoms. The van der Waals surface area contributed by atoms with E-state index in [0.29, 0.717) is 0 Å². The summed E-state index contributed by atoms with van der Waals surface area (Å²) < 4.78 is 2.48. The number of hydrogen-bond donors (Lipinski definition) is 0. The molecule has 0 spiro atoms. The van der Waals surface area contributed by atoms with Crippen molar-refractivity contribution in [3.05, 3.63) is 254 Å². The lowest BCUT2D eigenvalue weighted by Crippen LogP contribution is -2.21. The van der Waals surface area contributed by atoms with Gasteiger partial charge in [0.2, 0.25) is 0 Å². The molecular formula is C68H56N2. The lowest BCUT2D eigenvalue weighted by molar-refractivity contribution is 0.487. The summed E-state index contributed by atoms with van der Waals surface area (Å²) in [6.45, 7) is 4.83. The third kappa shape index (κ3) is 7.71. The summed E-state index contributed by atoms with van der Waals surface area (Å²) in [5.41, 5.74) is 22.0. The Bertz CT molecular complexity index is 3600. The Balaban J connectivity index is 1.02. The van der Waals surface area contributed by atoms with E-state index in [4.69, 9.17) is 0 Å². The number of aromatic nitrogens is 1. The molecule has 11 aromatic rings. The lowest BCUT2D eigenvalue weighted by Gasteiger charge is -2.31. The molecule has 10 aromatic carbocycles. The third-order valence-electron chi connectivity index (χ3n) is 15.0. The summed E-state index contributed by atoms with van der Waals surface area (Å²) in [5.74, 6) is 0. The summed E-state index contributed by atoms with van der Waals surface area (Å²) in [4.78, 5) is 2.51. The fourth-order valence-corrected chi connectivity index (χ4v) is 11.4. The van der Waals surface area contributed by atoms with Crippen LogP contribution in [0.5, 0.6) is 0 Å². The Hall–Kier alpha value is -8.20. The van der Waals surface area contributed by atoms with E-state index in [-0.39, 0.29) is 5.41 Å². The van der Waals surface area contributed by atoms with Gasteiger partial charge in [-0.1, -0.05) is 222 Å². The molecule has 1 aliphatic carbocycles. The third-order valence-corrected chi connectivity index (χ3v) is 15.0. The van der Waals surface area contributed by atoms with Crippen LogP contribution in [0.4, 0.5) is 17.1 Å². The normalized spacial score (nSPS) is 13.9. The van der Waals surface area contributed by atoms with Crippen LogP contribution in [0.3, 0.4) is 0 Å².